The number of nitrogens with one attached hydrogen (secondary N) is 2. The number of carbonyl (C=O) groups excluding carboxylic acids is 1. The first-order valence-electron chi connectivity index (χ1n) is 10.3. The highest BCUT2D eigenvalue weighted by atomic mass is 32.2. The van der Waals surface area contributed by atoms with Crippen LogP contribution in [0.2, 0.25) is 0 Å². The summed E-state index contributed by atoms with van der Waals surface area (Å²) >= 11 is 1.10. The van der Waals surface area contributed by atoms with Gasteiger partial charge in [-0.25, -0.2) is 4.99 Å². The number of nitrogens with zero attached hydrogens (tertiary/aromatic N) is 1. The van der Waals surface area contributed by atoms with E-state index in [4.69, 9.17) is 4.74 Å². The molecule has 36 heavy (non-hydrogen) atoms. The molecule has 0 aliphatic carbocycles. The molecule has 3 aromatic rings. The van der Waals surface area contributed by atoms with Gasteiger partial charge in [-0.15, -0.1) is 0 Å². The molecule has 1 aliphatic heterocycles. The molecule has 0 bridgehead atoms. The normalized spacial score (nSPS) is 16.2. The molecule has 0 unspecified atom stereocenters. The minimum Gasteiger partial charge on any atom is -0.489 e. The number of hydrogen-bond donors (Lipinski definition) is 2. The molecule has 1 heterocycles. The molecular weight excluding hydrogens is 515 g/mol. The van der Waals surface area contributed by atoms with E-state index >= 15 is 0 Å². The smallest absolute Gasteiger partial charge is 0.489 e. The maximum Gasteiger partial charge on any atom is 0.516 e. The average Bonchev–Trinajstić information content (AvgIpc) is 3.18. The first-order chi connectivity index (χ1) is 17.1. The molecule has 2 N–H and O–H groups in total. The number of aliphatic imine (C=N–C) groups is 1. The lowest BCUT2D eigenvalue weighted by Crippen LogP contribution is -2.29. The van der Waals surface area contributed by atoms with Gasteiger partial charge in [0.25, 0.3) is 5.91 Å². The molecule has 0 spiro atoms. The van der Waals surface area contributed by atoms with E-state index in [1.807, 2.05) is 54.6 Å². The van der Waals surface area contributed by atoms with Crippen LogP contribution in [0.5, 0.6) is 5.75 Å². The summed E-state index contributed by atoms with van der Waals surface area (Å²) in [5, 5.41) is 2.90. The summed E-state index contributed by atoms with van der Waals surface area (Å²) in [6.45, 7) is 0.406. The summed E-state index contributed by atoms with van der Waals surface area (Å²) in [6.07, 6.45) is 1.71. The number of carbonyl (C=O) groups is 1. The number of anilines is 1. The highest BCUT2D eigenvalue weighted by Gasteiger charge is 2.46. The quantitative estimate of drug-likeness (QED) is 0.396. The number of ether oxygens (including phenoxy) is 1. The fraction of sp³-hybridized carbons (Fsp3) is 0.0833. The number of thioether (sulfide) groups is 1. The third-order valence-corrected chi connectivity index (χ3v) is 6.76. The van der Waals surface area contributed by atoms with Crippen LogP contribution in [0.1, 0.15) is 11.1 Å². The Kier molecular flexibility index (Phi) is 7.36. The van der Waals surface area contributed by atoms with E-state index in [1.165, 1.54) is 16.9 Å². The molecule has 0 saturated carbocycles. The third-order valence-electron chi connectivity index (χ3n) is 4.73. The largest absolute Gasteiger partial charge is 0.516 e. The lowest BCUT2D eigenvalue weighted by molar-refractivity contribution is -0.115. The van der Waals surface area contributed by atoms with Crippen LogP contribution < -0.4 is 14.8 Å². The highest BCUT2D eigenvalue weighted by molar-refractivity contribution is 8.18. The predicted molar refractivity (Wildman–Crippen MR) is 133 cm³/mol. The SMILES string of the molecule is O=C1NC(=Nc2ccc(NS(=O)(=O)C(F)(F)F)cc2)S/C1=C/c1ccc(COc2ccccc2)cc1. The minimum absolute atomic E-state index is 0.266. The Hall–Kier alpha value is -3.77. The number of benzene rings is 3. The van der Waals surface area contributed by atoms with Gasteiger partial charge in [0.1, 0.15) is 12.4 Å². The van der Waals surface area contributed by atoms with Gasteiger partial charge in [-0.3, -0.25) is 9.52 Å². The van der Waals surface area contributed by atoms with E-state index in [1.54, 1.807) is 6.08 Å². The molecule has 186 valence electrons. The predicted octanol–water partition coefficient (Wildman–Crippen LogP) is 5.42. The Balaban J connectivity index is 1.38. The van der Waals surface area contributed by atoms with E-state index in [2.05, 4.69) is 10.3 Å². The first kappa shape index (κ1) is 25.3. The molecule has 3 aromatic carbocycles. The molecule has 0 aromatic heterocycles. The second kappa shape index (κ2) is 10.5. The van der Waals surface area contributed by atoms with Gasteiger partial charge in [-0.2, -0.15) is 21.6 Å². The monoisotopic (exact) mass is 533 g/mol. The van der Waals surface area contributed by atoms with Gasteiger partial charge in [-0.05, 0) is 65.4 Å². The van der Waals surface area contributed by atoms with Gasteiger partial charge < -0.3 is 10.1 Å². The number of sulfonamides is 1. The topological polar surface area (TPSA) is 96.9 Å². The Labute approximate surface area is 209 Å². The summed E-state index contributed by atoms with van der Waals surface area (Å²) in [5.41, 5.74) is -3.60. The van der Waals surface area contributed by atoms with Crippen LogP contribution in [0, 0.1) is 0 Å². The van der Waals surface area contributed by atoms with Crippen molar-refractivity contribution in [2.24, 2.45) is 4.99 Å². The van der Waals surface area contributed by atoms with E-state index in [-0.39, 0.29) is 16.8 Å². The molecule has 1 aliphatic rings. The average molecular weight is 534 g/mol. The maximum atomic E-state index is 12.5. The number of amidine groups is 1. The molecule has 1 amide bonds. The Morgan fingerprint density at radius 3 is 2.28 bits per heavy atom. The highest BCUT2D eigenvalue weighted by Crippen LogP contribution is 2.30. The van der Waals surface area contributed by atoms with Gasteiger partial charge in [0.2, 0.25) is 0 Å². The first-order valence-corrected chi connectivity index (χ1v) is 12.6. The zero-order valence-electron chi connectivity index (χ0n) is 18.3. The standard InChI is InChI=1S/C24H18F3N3O4S2/c25-24(26,27)36(32,33)30-19-12-10-18(11-13-19)28-23-29-22(31)21(35-23)14-16-6-8-17(9-7-16)15-34-20-4-2-1-3-5-20/h1-14,30H,15H2,(H,28,29,31)/b21-14+. The van der Waals surface area contributed by atoms with Crippen LogP contribution in [0.3, 0.4) is 0 Å². The van der Waals surface area contributed by atoms with Crippen molar-refractivity contribution < 1.29 is 31.1 Å². The van der Waals surface area contributed by atoms with Crippen LogP contribution in [0.15, 0.2) is 88.8 Å². The second-order valence-corrected chi connectivity index (χ2v) is 10.1. The maximum absolute atomic E-state index is 12.5. The summed E-state index contributed by atoms with van der Waals surface area (Å²) < 4.78 is 67.0. The van der Waals surface area contributed by atoms with Crippen LogP contribution in [0.25, 0.3) is 6.08 Å². The van der Waals surface area contributed by atoms with Crippen molar-refractivity contribution in [2.75, 3.05) is 4.72 Å². The molecule has 1 fully saturated rings. The number of halogens is 3. The van der Waals surface area contributed by atoms with Gasteiger partial charge in [-0.1, -0.05) is 42.5 Å². The van der Waals surface area contributed by atoms with Crippen molar-refractivity contribution in [1.82, 2.24) is 5.32 Å². The van der Waals surface area contributed by atoms with Crippen molar-refractivity contribution in [2.45, 2.75) is 12.1 Å². The number of hydrogen-bond acceptors (Lipinski definition) is 6. The van der Waals surface area contributed by atoms with Crippen LogP contribution in [-0.2, 0) is 21.4 Å². The summed E-state index contributed by atoms with van der Waals surface area (Å²) in [7, 11) is -5.51. The van der Waals surface area contributed by atoms with Crippen LogP contribution >= 0.6 is 11.8 Å². The van der Waals surface area contributed by atoms with Crippen LogP contribution in [0.4, 0.5) is 24.5 Å². The second-order valence-electron chi connectivity index (χ2n) is 7.42. The van der Waals surface area contributed by atoms with Gasteiger partial charge in [0.05, 0.1) is 10.6 Å². The van der Waals surface area contributed by atoms with E-state index < -0.39 is 15.5 Å². The summed E-state index contributed by atoms with van der Waals surface area (Å²) in [5.74, 6) is 0.427. The van der Waals surface area contributed by atoms with Crippen molar-refractivity contribution in [1.29, 1.82) is 0 Å². The number of alkyl halides is 3. The molecule has 0 atom stereocenters. The van der Waals surface area contributed by atoms with Crippen molar-refractivity contribution in [3.8, 4) is 5.75 Å². The molecular formula is C24H18F3N3O4S2. The van der Waals surface area contributed by atoms with Gasteiger partial charge >= 0.3 is 15.5 Å². The Bertz CT molecular complexity index is 1410. The molecule has 4 rings (SSSR count). The zero-order valence-corrected chi connectivity index (χ0v) is 20.0. The van der Waals surface area contributed by atoms with E-state index in [9.17, 15) is 26.4 Å². The molecule has 1 saturated heterocycles. The lowest BCUT2D eigenvalue weighted by Gasteiger charge is -2.10. The van der Waals surface area contributed by atoms with E-state index in [0.29, 0.717) is 17.2 Å². The summed E-state index contributed by atoms with van der Waals surface area (Å²) in [6, 6.07) is 21.9. The van der Waals surface area contributed by atoms with Crippen molar-refractivity contribution in [3.63, 3.8) is 0 Å². The fourth-order valence-corrected chi connectivity index (χ4v) is 4.36. The number of amides is 1. The van der Waals surface area contributed by atoms with Crippen LogP contribution in [-0.4, -0.2) is 25.0 Å². The minimum atomic E-state index is -5.51. The van der Waals surface area contributed by atoms with Crippen molar-refractivity contribution in [3.05, 3.63) is 94.9 Å². The summed E-state index contributed by atoms with van der Waals surface area (Å²) in [4.78, 5) is 17.0. The fourth-order valence-electron chi connectivity index (χ4n) is 2.96. The Morgan fingerprint density at radius 2 is 1.64 bits per heavy atom. The van der Waals surface area contributed by atoms with Crippen molar-refractivity contribution >= 4 is 50.3 Å². The van der Waals surface area contributed by atoms with Gasteiger partial charge in [0, 0.05) is 5.69 Å². The molecule has 7 nitrogen and oxygen atoms in total. The molecule has 0 radical (unpaired) electrons. The lowest BCUT2D eigenvalue weighted by atomic mass is 10.1. The molecule has 12 heteroatoms. The van der Waals surface area contributed by atoms with E-state index in [0.717, 1.165) is 40.8 Å². The number of rotatable bonds is 7. The Morgan fingerprint density at radius 1 is 0.972 bits per heavy atom. The van der Waals surface area contributed by atoms with Gasteiger partial charge in [0.15, 0.2) is 5.17 Å². The third kappa shape index (κ3) is 6.46. The zero-order chi connectivity index (χ0) is 25.8. The number of para-hydroxylation sites is 1.